The van der Waals surface area contributed by atoms with E-state index in [4.69, 9.17) is 12.2 Å². The lowest BCUT2D eigenvalue weighted by Gasteiger charge is -2.20. The van der Waals surface area contributed by atoms with Crippen molar-refractivity contribution >= 4 is 40.2 Å². The van der Waals surface area contributed by atoms with Gasteiger partial charge in [-0.3, -0.25) is 4.79 Å². The number of hydrogen-bond donors (Lipinski definition) is 3. The molecule has 0 amide bonds. The minimum atomic E-state index is 0.192. The molecule has 128 valence electrons. The molecule has 0 spiro atoms. The number of anilines is 3. The van der Waals surface area contributed by atoms with Crippen LogP contribution in [-0.4, -0.2) is 10.9 Å². The van der Waals surface area contributed by atoms with Crippen LogP contribution in [0.3, 0.4) is 0 Å². The second-order valence-corrected chi connectivity index (χ2v) is 6.71. The van der Waals surface area contributed by atoms with Gasteiger partial charge in [0.05, 0.1) is 0 Å². The van der Waals surface area contributed by atoms with Gasteiger partial charge in [0.2, 0.25) is 0 Å². The average Bonchev–Trinajstić information content (AvgIpc) is 2.56. The van der Waals surface area contributed by atoms with E-state index >= 15 is 0 Å². The van der Waals surface area contributed by atoms with E-state index in [2.05, 4.69) is 22.9 Å². The summed E-state index contributed by atoms with van der Waals surface area (Å²) in [6.45, 7) is 2.10. The number of para-hydroxylation sites is 1. The monoisotopic (exact) mass is 351 g/mol. The summed E-state index contributed by atoms with van der Waals surface area (Å²) in [5.41, 5.74) is 3.79. The maximum absolute atomic E-state index is 11.7. The van der Waals surface area contributed by atoms with E-state index in [0.29, 0.717) is 17.5 Å². The lowest BCUT2D eigenvalue weighted by Crippen LogP contribution is -2.19. The number of allylic oxidation sites excluding steroid dienone is 2. The molecule has 2 aromatic rings. The van der Waals surface area contributed by atoms with Gasteiger partial charge in [-0.1, -0.05) is 25.1 Å². The van der Waals surface area contributed by atoms with Crippen molar-refractivity contribution in [1.29, 1.82) is 0 Å². The van der Waals surface area contributed by atoms with Crippen molar-refractivity contribution in [1.82, 2.24) is 0 Å². The normalized spacial score (nSPS) is 16.8. The van der Waals surface area contributed by atoms with E-state index in [0.717, 1.165) is 29.2 Å². The summed E-state index contributed by atoms with van der Waals surface area (Å²) >= 11 is 5.32. The highest BCUT2D eigenvalue weighted by atomic mass is 32.1. The quantitative estimate of drug-likeness (QED) is 0.692. The second-order valence-electron chi connectivity index (χ2n) is 6.30. The molecule has 3 N–H and O–H groups in total. The molecule has 2 aromatic carbocycles. The van der Waals surface area contributed by atoms with Crippen molar-refractivity contribution in [2.45, 2.75) is 19.8 Å². The smallest absolute Gasteiger partial charge is 0.175 e. The van der Waals surface area contributed by atoms with Gasteiger partial charge in [0, 0.05) is 35.3 Å². The van der Waals surface area contributed by atoms with Crippen molar-refractivity contribution in [3.63, 3.8) is 0 Å². The molecule has 0 fully saturated rings. The van der Waals surface area contributed by atoms with Gasteiger partial charge in [0.15, 0.2) is 10.9 Å². The Hall–Kier alpha value is -2.66. The van der Waals surface area contributed by atoms with Crippen LogP contribution >= 0.6 is 12.2 Å². The van der Waals surface area contributed by atoms with E-state index in [1.54, 1.807) is 6.08 Å². The first kappa shape index (κ1) is 17.2. The Morgan fingerprint density at radius 1 is 0.920 bits per heavy atom. The maximum Gasteiger partial charge on any atom is 0.175 e. The van der Waals surface area contributed by atoms with Crippen LogP contribution in [0.4, 0.5) is 17.1 Å². The third-order valence-corrected chi connectivity index (χ3v) is 4.14. The Morgan fingerprint density at radius 2 is 1.52 bits per heavy atom. The molecule has 0 bridgehead atoms. The maximum atomic E-state index is 11.7. The molecule has 3 rings (SSSR count). The van der Waals surface area contributed by atoms with Crippen molar-refractivity contribution in [2.75, 3.05) is 16.0 Å². The van der Waals surface area contributed by atoms with Gasteiger partial charge in [0.1, 0.15) is 0 Å². The molecule has 5 heteroatoms. The van der Waals surface area contributed by atoms with Gasteiger partial charge in [-0.25, -0.2) is 0 Å². The minimum Gasteiger partial charge on any atom is -0.359 e. The Kier molecular flexibility index (Phi) is 5.46. The van der Waals surface area contributed by atoms with E-state index < -0.39 is 0 Å². The van der Waals surface area contributed by atoms with Crippen molar-refractivity contribution in [3.8, 4) is 0 Å². The topological polar surface area (TPSA) is 53.2 Å². The summed E-state index contributed by atoms with van der Waals surface area (Å²) in [5, 5.41) is 10.2. The summed E-state index contributed by atoms with van der Waals surface area (Å²) in [7, 11) is 0. The first-order valence-electron chi connectivity index (χ1n) is 8.32. The number of hydrogen-bond acceptors (Lipinski definition) is 3. The van der Waals surface area contributed by atoms with Crippen LogP contribution < -0.4 is 16.0 Å². The number of ketones is 1. The van der Waals surface area contributed by atoms with Crippen LogP contribution in [-0.2, 0) is 4.79 Å². The van der Waals surface area contributed by atoms with Gasteiger partial charge >= 0.3 is 0 Å². The number of carbonyl (C=O) groups excluding carboxylic acids is 1. The third kappa shape index (κ3) is 5.16. The molecule has 1 aliphatic carbocycles. The number of rotatable bonds is 4. The predicted molar refractivity (Wildman–Crippen MR) is 108 cm³/mol. The summed E-state index contributed by atoms with van der Waals surface area (Å²) in [5.74, 6) is 0.583. The van der Waals surface area contributed by atoms with Crippen LogP contribution in [0.25, 0.3) is 0 Å². The average molecular weight is 351 g/mol. The Bertz CT molecular complexity index is 784. The minimum absolute atomic E-state index is 0.192. The van der Waals surface area contributed by atoms with Gasteiger partial charge in [-0.05, 0) is 61.0 Å². The largest absolute Gasteiger partial charge is 0.359 e. The molecule has 25 heavy (non-hydrogen) atoms. The van der Waals surface area contributed by atoms with Crippen molar-refractivity contribution in [3.05, 3.63) is 66.4 Å². The molecule has 0 aromatic heterocycles. The fourth-order valence-corrected chi connectivity index (χ4v) is 3.06. The molecule has 0 heterocycles. The highest BCUT2D eigenvalue weighted by molar-refractivity contribution is 7.80. The van der Waals surface area contributed by atoms with Crippen LogP contribution in [0, 0.1) is 5.92 Å². The lowest BCUT2D eigenvalue weighted by molar-refractivity contribution is -0.115. The molecular formula is C20H21N3OS. The molecule has 1 aliphatic rings. The van der Waals surface area contributed by atoms with Gasteiger partial charge < -0.3 is 16.0 Å². The second kappa shape index (κ2) is 7.94. The first-order valence-corrected chi connectivity index (χ1v) is 8.73. The molecular weight excluding hydrogens is 330 g/mol. The van der Waals surface area contributed by atoms with E-state index in [1.807, 2.05) is 54.6 Å². The van der Waals surface area contributed by atoms with Crippen LogP contribution in [0.15, 0.2) is 66.4 Å². The zero-order valence-electron chi connectivity index (χ0n) is 14.1. The number of carbonyl (C=O) groups is 1. The van der Waals surface area contributed by atoms with Crippen molar-refractivity contribution in [2.24, 2.45) is 5.92 Å². The standard InChI is InChI=1S/C20H21N3OS/c1-14-11-18(13-19(24)12-14)21-16-7-9-17(10-8-16)23-20(25)22-15-5-3-2-4-6-15/h2-10,13-14,21H,11-12H2,1H3,(H2,22,23,25). The molecule has 0 saturated heterocycles. The van der Waals surface area contributed by atoms with Crippen molar-refractivity contribution < 1.29 is 4.79 Å². The van der Waals surface area contributed by atoms with Crippen LogP contribution in [0.1, 0.15) is 19.8 Å². The van der Waals surface area contributed by atoms with Gasteiger partial charge in [-0.2, -0.15) is 0 Å². The summed E-state index contributed by atoms with van der Waals surface area (Å²) in [6.07, 6.45) is 3.25. The number of benzene rings is 2. The van der Waals surface area contributed by atoms with Gasteiger partial charge in [0.25, 0.3) is 0 Å². The molecule has 0 radical (unpaired) electrons. The molecule has 0 aliphatic heterocycles. The van der Waals surface area contributed by atoms with E-state index in [9.17, 15) is 4.79 Å². The molecule has 4 nitrogen and oxygen atoms in total. The number of nitrogens with one attached hydrogen (secondary N) is 3. The molecule has 0 saturated carbocycles. The zero-order chi connectivity index (χ0) is 17.6. The highest BCUT2D eigenvalue weighted by Gasteiger charge is 2.16. The van der Waals surface area contributed by atoms with Gasteiger partial charge in [-0.15, -0.1) is 0 Å². The predicted octanol–water partition coefficient (Wildman–Crippen LogP) is 4.79. The van der Waals surface area contributed by atoms with Crippen LogP contribution in [0.2, 0.25) is 0 Å². The fraction of sp³-hybridized carbons (Fsp3) is 0.200. The SMILES string of the molecule is CC1CC(=O)C=C(Nc2ccc(NC(=S)Nc3ccccc3)cc2)C1. The first-order chi connectivity index (χ1) is 12.1. The summed E-state index contributed by atoms with van der Waals surface area (Å²) < 4.78 is 0. The highest BCUT2D eigenvalue weighted by Crippen LogP contribution is 2.24. The number of thiocarbonyl (C=S) groups is 1. The fourth-order valence-electron chi connectivity index (χ4n) is 2.83. The zero-order valence-corrected chi connectivity index (χ0v) is 14.9. The van der Waals surface area contributed by atoms with Crippen LogP contribution in [0.5, 0.6) is 0 Å². The Labute approximate surface area is 153 Å². The third-order valence-electron chi connectivity index (χ3n) is 3.93. The Morgan fingerprint density at radius 3 is 2.16 bits per heavy atom. The molecule has 1 unspecified atom stereocenters. The molecule has 1 atom stereocenters. The Balaban J connectivity index is 1.57. The van der Waals surface area contributed by atoms with E-state index in [1.165, 1.54) is 0 Å². The lowest BCUT2D eigenvalue weighted by atomic mass is 9.93. The summed E-state index contributed by atoms with van der Waals surface area (Å²) in [4.78, 5) is 11.7. The summed E-state index contributed by atoms with van der Waals surface area (Å²) in [6, 6.07) is 17.6. The van der Waals surface area contributed by atoms with E-state index in [-0.39, 0.29) is 5.78 Å².